The van der Waals surface area contributed by atoms with E-state index in [0.717, 1.165) is 36.2 Å². The molecule has 184 valence electrons. The molecular weight excluding hydrogens is 466 g/mol. The van der Waals surface area contributed by atoms with E-state index in [1.165, 1.54) is 42.2 Å². The molecule has 0 aliphatic carbocycles. The Kier molecular flexibility index (Phi) is 9.44. The lowest BCUT2D eigenvalue weighted by Gasteiger charge is -2.15. The number of aromatic nitrogens is 2. The van der Waals surface area contributed by atoms with Crippen LogP contribution in [0.1, 0.15) is 49.4 Å². The number of anilines is 2. The molecule has 12 heteroatoms. The number of nitrogens with one attached hydrogen (secondary N) is 1. The molecule has 0 atom stereocenters. The number of rotatable bonds is 13. The lowest BCUT2D eigenvalue weighted by molar-refractivity contribution is 0.102. The van der Waals surface area contributed by atoms with Gasteiger partial charge in [-0.15, -0.1) is 0 Å². The predicted molar refractivity (Wildman–Crippen MR) is 130 cm³/mol. The van der Waals surface area contributed by atoms with Crippen molar-refractivity contribution in [2.75, 3.05) is 35.2 Å². The molecule has 0 saturated heterocycles. The van der Waals surface area contributed by atoms with Crippen molar-refractivity contribution >= 4 is 37.3 Å². The number of sulfone groups is 1. The highest BCUT2D eigenvalue weighted by molar-refractivity contribution is 7.92. The highest BCUT2D eigenvalue weighted by atomic mass is 32.2. The van der Waals surface area contributed by atoms with Gasteiger partial charge in [-0.3, -0.25) is 13.8 Å². The van der Waals surface area contributed by atoms with Gasteiger partial charge in [-0.05, 0) is 30.7 Å². The Morgan fingerprint density at radius 2 is 1.73 bits per heavy atom. The van der Waals surface area contributed by atoms with E-state index < -0.39 is 25.8 Å². The fourth-order valence-corrected chi connectivity index (χ4v) is 4.98. The molecule has 2 aromatic rings. The molecule has 1 heterocycles. The van der Waals surface area contributed by atoms with Crippen LogP contribution in [0.3, 0.4) is 0 Å². The van der Waals surface area contributed by atoms with Crippen LogP contribution in [0.4, 0.5) is 11.5 Å². The predicted octanol–water partition coefficient (Wildman–Crippen LogP) is 2.23. The summed E-state index contributed by atoms with van der Waals surface area (Å²) in [6.45, 7) is 2.68. The van der Waals surface area contributed by atoms with Gasteiger partial charge in [0.1, 0.15) is 5.56 Å². The van der Waals surface area contributed by atoms with Crippen molar-refractivity contribution < 1.29 is 21.6 Å². The summed E-state index contributed by atoms with van der Waals surface area (Å²) in [6, 6.07) is 5.93. The highest BCUT2D eigenvalue weighted by Gasteiger charge is 2.24. The van der Waals surface area contributed by atoms with Crippen LogP contribution < -0.4 is 15.4 Å². The number of carbonyl (C=O) groups excluding carboxylic acids is 1. The lowest BCUT2D eigenvalue weighted by Crippen LogP contribution is -2.27. The maximum Gasteiger partial charge on any atom is 0.261 e. The number of sulfonamides is 1. The lowest BCUT2D eigenvalue weighted by atomic mass is 10.2. The second-order valence-electron chi connectivity index (χ2n) is 7.86. The summed E-state index contributed by atoms with van der Waals surface area (Å²) in [5.41, 5.74) is 5.97. The van der Waals surface area contributed by atoms with Crippen molar-refractivity contribution in [3.05, 3.63) is 36.0 Å². The first-order valence-corrected chi connectivity index (χ1v) is 14.3. The van der Waals surface area contributed by atoms with E-state index in [0.29, 0.717) is 18.7 Å². The molecule has 1 amide bonds. The number of benzene rings is 1. The van der Waals surface area contributed by atoms with E-state index in [2.05, 4.69) is 17.3 Å². The third kappa shape index (κ3) is 7.54. The largest absolute Gasteiger partial charge is 0.329 e. The first-order chi connectivity index (χ1) is 15.5. The monoisotopic (exact) mass is 499 g/mol. The number of nitrogens with zero attached hydrogens (tertiary/aromatic N) is 3. The molecule has 0 fully saturated rings. The van der Waals surface area contributed by atoms with Gasteiger partial charge >= 0.3 is 0 Å². The van der Waals surface area contributed by atoms with E-state index in [4.69, 9.17) is 5.73 Å². The topological polar surface area (TPSA) is 144 Å². The molecular formula is C21H33N5O5S2. The van der Waals surface area contributed by atoms with Gasteiger partial charge in [-0.2, -0.15) is 5.10 Å². The number of hydrogen-bond donors (Lipinski definition) is 2. The van der Waals surface area contributed by atoms with E-state index in [-0.39, 0.29) is 28.6 Å². The zero-order chi connectivity index (χ0) is 24.6. The van der Waals surface area contributed by atoms with Crippen molar-refractivity contribution in [1.82, 2.24) is 9.78 Å². The fraction of sp³-hybridized carbons (Fsp3) is 0.524. The molecule has 0 saturated carbocycles. The van der Waals surface area contributed by atoms with Crippen molar-refractivity contribution in [3.8, 4) is 0 Å². The Balaban J connectivity index is 2.14. The van der Waals surface area contributed by atoms with Crippen molar-refractivity contribution in [2.45, 2.75) is 50.5 Å². The van der Waals surface area contributed by atoms with Gasteiger partial charge in [0.15, 0.2) is 15.7 Å². The summed E-state index contributed by atoms with van der Waals surface area (Å²) >= 11 is 0. The zero-order valence-electron chi connectivity index (χ0n) is 19.3. The van der Waals surface area contributed by atoms with Crippen LogP contribution in [0, 0.1) is 0 Å². The molecule has 0 radical (unpaired) electrons. The fourth-order valence-electron chi connectivity index (χ4n) is 3.17. The smallest absolute Gasteiger partial charge is 0.261 e. The molecule has 0 unspecified atom stereocenters. The second kappa shape index (κ2) is 11.6. The Labute approximate surface area is 196 Å². The average molecular weight is 500 g/mol. The molecule has 0 spiro atoms. The minimum atomic E-state index is -3.64. The van der Waals surface area contributed by atoms with Crippen molar-refractivity contribution in [2.24, 2.45) is 5.73 Å². The number of hydrogen-bond acceptors (Lipinski definition) is 7. The van der Waals surface area contributed by atoms with Crippen LogP contribution in [0.25, 0.3) is 0 Å². The minimum absolute atomic E-state index is 0.0225. The van der Waals surface area contributed by atoms with Crippen LogP contribution in [0.15, 0.2) is 35.4 Å². The van der Waals surface area contributed by atoms with Crippen LogP contribution in [-0.4, -0.2) is 58.1 Å². The molecule has 1 aromatic heterocycles. The van der Waals surface area contributed by atoms with E-state index in [1.807, 2.05) is 0 Å². The molecule has 3 N–H and O–H groups in total. The Morgan fingerprint density at radius 3 is 2.30 bits per heavy atom. The summed E-state index contributed by atoms with van der Waals surface area (Å²) in [7, 11) is -5.73. The van der Waals surface area contributed by atoms with Gasteiger partial charge in [-0.1, -0.05) is 32.6 Å². The SMILES string of the molecule is CCCCCCCS(=O)(=O)c1ccc(NC(=O)c2cn(CCN)nc2N(C)S(C)(=O)=O)cc1. The van der Waals surface area contributed by atoms with Crippen molar-refractivity contribution in [1.29, 1.82) is 0 Å². The standard InChI is InChI=1S/C21H33N5O5S2/c1-4-5-6-7-8-15-33(30,31)18-11-9-17(10-12-18)23-21(27)19-16-26(14-13-22)24-20(19)25(2)32(3,28)29/h9-12,16H,4-8,13-15,22H2,1-3H3,(H,23,27). The first-order valence-electron chi connectivity index (χ1n) is 10.8. The molecule has 0 aliphatic heterocycles. The molecule has 0 aliphatic rings. The van der Waals surface area contributed by atoms with Gasteiger partial charge in [-0.25, -0.2) is 16.8 Å². The van der Waals surface area contributed by atoms with E-state index in [1.54, 1.807) is 0 Å². The zero-order valence-corrected chi connectivity index (χ0v) is 21.0. The molecule has 10 nitrogen and oxygen atoms in total. The van der Waals surface area contributed by atoms with Crippen LogP contribution in [-0.2, 0) is 26.4 Å². The third-order valence-corrected chi connectivity index (χ3v) is 8.11. The van der Waals surface area contributed by atoms with Crippen LogP contribution in [0.2, 0.25) is 0 Å². The maximum absolute atomic E-state index is 12.9. The number of amides is 1. The number of nitrogens with two attached hydrogens (primary N) is 1. The van der Waals surface area contributed by atoms with Gasteiger partial charge < -0.3 is 11.1 Å². The first kappa shape index (κ1) is 26.8. The van der Waals surface area contributed by atoms with Crippen molar-refractivity contribution in [3.63, 3.8) is 0 Å². The minimum Gasteiger partial charge on any atom is -0.329 e. The highest BCUT2D eigenvalue weighted by Crippen LogP contribution is 2.22. The number of carbonyl (C=O) groups is 1. The van der Waals surface area contributed by atoms with Crippen LogP contribution >= 0.6 is 0 Å². The summed E-state index contributed by atoms with van der Waals surface area (Å²) < 4.78 is 51.3. The molecule has 1 aromatic carbocycles. The maximum atomic E-state index is 12.9. The summed E-state index contributed by atoms with van der Waals surface area (Å²) in [5.74, 6) is -0.509. The number of unbranched alkanes of at least 4 members (excludes halogenated alkanes) is 4. The summed E-state index contributed by atoms with van der Waals surface area (Å²) in [5, 5.41) is 6.83. The van der Waals surface area contributed by atoms with Gasteiger partial charge in [0.05, 0.1) is 23.4 Å². The van der Waals surface area contributed by atoms with Gasteiger partial charge in [0.2, 0.25) is 10.0 Å². The average Bonchev–Trinajstić information content (AvgIpc) is 3.17. The van der Waals surface area contributed by atoms with E-state index >= 15 is 0 Å². The quantitative estimate of drug-likeness (QED) is 0.402. The summed E-state index contributed by atoms with van der Waals surface area (Å²) in [4.78, 5) is 13.1. The van der Waals surface area contributed by atoms with Gasteiger partial charge in [0.25, 0.3) is 5.91 Å². The van der Waals surface area contributed by atoms with Gasteiger partial charge in [0, 0.05) is 25.5 Å². The summed E-state index contributed by atoms with van der Waals surface area (Å²) in [6.07, 6.45) is 7.15. The third-order valence-electron chi connectivity index (χ3n) is 5.13. The Bertz CT molecular complexity index is 1140. The Hall–Kier alpha value is -2.44. The Morgan fingerprint density at radius 1 is 1.09 bits per heavy atom. The van der Waals surface area contributed by atoms with E-state index in [9.17, 15) is 21.6 Å². The molecule has 0 bridgehead atoms. The van der Waals surface area contributed by atoms with Crippen LogP contribution in [0.5, 0.6) is 0 Å². The molecule has 2 rings (SSSR count). The molecule has 33 heavy (non-hydrogen) atoms. The normalized spacial score (nSPS) is 12.0. The second-order valence-corrected chi connectivity index (χ2v) is 12.0.